The van der Waals surface area contributed by atoms with E-state index in [4.69, 9.17) is 0 Å². The summed E-state index contributed by atoms with van der Waals surface area (Å²) in [5, 5.41) is 2.64. The molecule has 0 unspecified atom stereocenters. The average molecular weight is 378 g/mol. The van der Waals surface area contributed by atoms with E-state index >= 15 is 0 Å². The van der Waals surface area contributed by atoms with E-state index in [0.29, 0.717) is 25.9 Å². The SMILES string of the molecule is O=C(NC1CCN(C(=O)c2cnccn2)CC1)c1ccccc1C(F)(F)F. The lowest BCUT2D eigenvalue weighted by atomic mass is 10.0. The van der Waals surface area contributed by atoms with Crippen LogP contribution in [0.5, 0.6) is 0 Å². The molecular formula is C18H17F3N4O2. The summed E-state index contributed by atoms with van der Waals surface area (Å²) in [5.74, 6) is -1.02. The summed E-state index contributed by atoms with van der Waals surface area (Å²) < 4.78 is 39.2. The fraction of sp³-hybridized carbons (Fsp3) is 0.333. The summed E-state index contributed by atoms with van der Waals surface area (Å²) in [6.45, 7) is 0.753. The van der Waals surface area contributed by atoms with E-state index in [1.165, 1.54) is 30.7 Å². The standard InChI is InChI=1S/C18H17F3N4O2/c19-18(20,21)14-4-2-1-3-13(14)16(26)24-12-5-9-25(10-6-12)17(27)15-11-22-7-8-23-15/h1-4,7-8,11-12H,5-6,9-10H2,(H,24,26). The molecule has 1 aromatic heterocycles. The van der Waals surface area contributed by atoms with Crippen molar-refractivity contribution in [2.45, 2.75) is 25.1 Å². The molecular weight excluding hydrogens is 361 g/mol. The van der Waals surface area contributed by atoms with E-state index in [2.05, 4.69) is 15.3 Å². The zero-order valence-electron chi connectivity index (χ0n) is 14.2. The molecule has 0 radical (unpaired) electrons. The Labute approximate surface area is 153 Å². The van der Waals surface area contributed by atoms with Gasteiger partial charge in [0.2, 0.25) is 0 Å². The molecule has 0 saturated carbocycles. The van der Waals surface area contributed by atoms with Gasteiger partial charge >= 0.3 is 6.18 Å². The highest BCUT2D eigenvalue weighted by Gasteiger charge is 2.35. The topological polar surface area (TPSA) is 75.2 Å². The first-order chi connectivity index (χ1) is 12.9. The number of halogens is 3. The molecule has 9 heteroatoms. The maximum atomic E-state index is 13.1. The Morgan fingerprint density at radius 1 is 1.11 bits per heavy atom. The van der Waals surface area contributed by atoms with E-state index in [0.717, 1.165) is 12.1 Å². The second-order valence-electron chi connectivity index (χ2n) is 6.17. The molecule has 142 valence electrons. The van der Waals surface area contributed by atoms with Gasteiger partial charge < -0.3 is 10.2 Å². The lowest BCUT2D eigenvalue weighted by molar-refractivity contribution is -0.137. The van der Waals surface area contributed by atoms with Gasteiger partial charge in [-0.25, -0.2) is 4.98 Å². The molecule has 2 aromatic rings. The van der Waals surface area contributed by atoms with Crippen LogP contribution in [-0.2, 0) is 6.18 Å². The quantitative estimate of drug-likeness (QED) is 0.891. The summed E-state index contributed by atoms with van der Waals surface area (Å²) in [6, 6.07) is 4.38. The van der Waals surface area contributed by atoms with Gasteiger partial charge in [-0.15, -0.1) is 0 Å². The van der Waals surface area contributed by atoms with Gasteiger partial charge in [0.25, 0.3) is 11.8 Å². The summed E-state index contributed by atoms with van der Waals surface area (Å²) in [5.41, 5.74) is -1.13. The largest absolute Gasteiger partial charge is 0.417 e. The molecule has 1 fully saturated rings. The Hall–Kier alpha value is -2.97. The molecule has 0 bridgehead atoms. The zero-order chi connectivity index (χ0) is 19.4. The number of rotatable bonds is 3. The Morgan fingerprint density at radius 2 is 1.81 bits per heavy atom. The third-order valence-electron chi connectivity index (χ3n) is 4.38. The van der Waals surface area contributed by atoms with Gasteiger partial charge in [0.15, 0.2) is 0 Å². The number of alkyl halides is 3. The van der Waals surface area contributed by atoms with Crippen molar-refractivity contribution in [2.75, 3.05) is 13.1 Å². The highest BCUT2D eigenvalue weighted by Crippen LogP contribution is 2.31. The third kappa shape index (κ3) is 4.42. The van der Waals surface area contributed by atoms with Gasteiger partial charge in [-0.3, -0.25) is 14.6 Å². The van der Waals surface area contributed by atoms with Gasteiger partial charge in [0, 0.05) is 31.5 Å². The van der Waals surface area contributed by atoms with Crippen LogP contribution in [0.25, 0.3) is 0 Å². The first kappa shape index (κ1) is 18.8. The maximum absolute atomic E-state index is 13.1. The number of nitrogens with one attached hydrogen (secondary N) is 1. The molecule has 1 aliphatic rings. The molecule has 0 spiro atoms. The monoisotopic (exact) mass is 378 g/mol. The summed E-state index contributed by atoms with van der Waals surface area (Å²) in [4.78, 5) is 34.0. The number of aromatic nitrogens is 2. The van der Waals surface area contributed by atoms with Crippen LogP contribution in [0.1, 0.15) is 39.3 Å². The van der Waals surface area contributed by atoms with Gasteiger partial charge in [0.1, 0.15) is 5.69 Å². The van der Waals surface area contributed by atoms with Crippen molar-refractivity contribution in [1.29, 1.82) is 0 Å². The maximum Gasteiger partial charge on any atom is 0.417 e. The minimum Gasteiger partial charge on any atom is -0.349 e. The number of amides is 2. The molecule has 6 nitrogen and oxygen atoms in total. The van der Waals surface area contributed by atoms with Crippen LogP contribution in [0, 0.1) is 0 Å². The van der Waals surface area contributed by atoms with Crippen LogP contribution in [0.2, 0.25) is 0 Å². The van der Waals surface area contributed by atoms with Crippen LogP contribution in [-0.4, -0.2) is 45.8 Å². The lowest BCUT2D eigenvalue weighted by Gasteiger charge is -2.32. The van der Waals surface area contributed by atoms with Crippen molar-refractivity contribution in [1.82, 2.24) is 20.2 Å². The van der Waals surface area contributed by atoms with Crippen LogP contribution >= 0.6 is 0 Å². The second kappa shape index (κ2) is 7.73. The Bertz CT molecular complexity index is 819. The fourth-order valence-electron chi connectivity index (χ4n) is 2.99. The van der Waals surface area contributed by atoms with Crippen molar-refractivity contribution in [3.8, 4) is 0 Å². The van der Waals surface area contributed by atoms with E-state index in [1.807, 2.05) is 0 Å². The van der Waals surface area contributed by atoms with Gasteiger partial charge in [-0.2, -0.15) is 13.2 Å². The van der Waals surface area contributed by atoms with E-state index in [-0.39, 0.29) is 17.6 Å². The van der Waals surface area contributed by atoms with Crippen molar-refractivity contribution in [3.05, 3.63) is 59.7 Å². The third-order valence-corrected chi connectivity index (χ3v) is 4.38. The molecule has 1 aliphatic heterocycles. The zero-order valence-corrected chi connectivity index (χ0v) is 14.2. The molecule has 0 aliphatic carbocycles. The highest BCUT2D eigenvalue weighted by molar-refractivity contribution is 5.96. The van der Waals surface area contributed by atoms with Crippen LogP contribution in [0.4, 0.5) is 13.2 Å². The van der Waals surface area contributed by atoms with Crippen molar-refractivity contribution >= 4 is 11.8 Å². The molecule has 1 N–H and O–H groups in total. The normalized spacial score (nSPS) is 15.4. The summed E-state index contributed by atoms with van der Waals surface area (Å²) in [7, 11) is 0. The van der Waals surface area contributed by atoms with Crippen LogP contribution < -0.4 is 5.32 Å². The van der Waals surface area contributed by atoms with Gasteiger partial charge in [0.05, 0.1) is 17.3 Å². The van der Waals surface area contributed by atoms with Gasteiger partial charge in [-0.1, -0.05) is 12.1 Å². The first-order valence-corrected chi connectivity index (χ1v) is 8.38. The number of likely N-dealkylation sites (tertiary alicyclic amines) is 1. The van der Waals surface area contributed by atoms with Crippen molar-refractivity contribution in [2.24, 2.45) is 0 Å². The van der Waals surface area contributed by atoms with E-state index in [1.54, 1.807) is 4.90 Å². The molecule has 1 aromatic carbocycles. The van der Waals surface area contributed by atoms with Crippen molar-refractivity contribution < 1.29 is 22.8 Å². The number of carbonyl (C=O) groups is 2. The number of carbonyl (C=O) groups excluding carboxylic acids is 2. The number of hydrogen-bond acceptors (Lipinski definition) is 4. The molecule has 27 heavy (non-hydrogen) atoms. The lowest BCUT2D eigenvalue weighted by Crippen LogP contribution is -2.47. The fourth-order valence-corrected chi connectivity index (χ4v) is 2.99. The highest BCUT2D eigenvalue weighted by atomic mass is 19.4. The second-order valence-corrected chi connectivity index (χ2v) is 6.17. The number of hydrogen-bond donors (Lipinski definition) is 1. The first-order valence-electron chi connectivity index (χ1n) is 8.38. The molecule has 1 saturated heterocycles. The van der Waals surface area contributed by atoms with Crippen molar-refractivity contribution in [3.63, 3.8) is 0 Å². The predicted molar refractivity (Wildman–Crippen MR) is 89.9 cm³/mol. The Kier molecular flexibility index (Phi) is 5.38. The molecule has 0 atom stereocenters. The Balaban J connectivity index is 1.60. The minimum atomic E-state index is -4.60. The number of benzene rings is 1. The van der Waals surface area contributed by atoms with Crippen LogP contribution in [0.15, 0.2) is 42.9 Å². The van der Waals surface area contributed by atoms with E-state index < -0.39 is 23.2 Å². The minimum absolute atomic E-state index is 0.235. The average Bonchev–Trinajstić information content (AvgIpc) is 2.68. The van der Waals surface area contributed by atoms with E-state index in [9.17, 15) is 22.8 Å². The summed E-state index contributed by atoms with van der Waals surface area (Å²) in [6.07, 6.45) is 0.582. The summed E-state index contributed by atoms with van der Waals surface area (Å²) >= 11 is 0. The van der Waals surface area contributed by atoms with Crippen LogP contribution in [0.3, 0.4) is 0 Å². The predicted octanol–water partition coefficient (Wildman–Crippen LogP) is 2.53. The Morgan fingerprint density at radius 3 is 2.44 bits per heavy atom. The smallest absolute Gasteiger partial charge is 0.349 e. The molecule has 2 amide bonds. The van der Waals surface area contributed by atoms with Gasteiger partial charge in [-0.05, 0) is 25.0 Å². The number of nitrogens with zero attached hydrogens (tertiary/aromatic N) is 3. The molecule has 2 heterocycles. The molecule has 3 rings (SSSR count). The number of piperidine rings is 1.